The molecule has 0 saturated carbocycles. The minimum atomic E-state index is -1.37. The molecule has 1 aromatic heterocycles. The minimum Gasteiger partial charge on any atom is -0.494 e. The number of carbonyl (C=O) groups is 2. The SMILES string of the molecule is COc1cccnc1C(=O)N[C@@H](CO)C(=O)O. The Morgan fingerprint density at radius 2 is 2.29 bits per heavy atom. The van der Waals surface area contributed by atoms with E-state index in [-0.39, 0.29) is 11.4 Å². The highest BCUT2D eigenvalue weighted by Crippen LogP contribution is 2.14. The van der Waals surface area contributed by atoms with E-state index in [0.29, 0.717) is 0 Å². The highest BCUT2D eigenvalue weighted by atomic mass is 16.5. The second-order valence-corrected chi connectivity index (χ2v) is 3.10. The number of ether oxygens (including phenoxy) is 1. The van der Waals surface area contributed by atoms with Gasteiger partial charge in [-0.2, -0.15) is 0 Å². The van der Waals surface area contributed by atoms with E-state index in [1.54, 1.807) is 6.07 Å². The molecule has 1 heterocycles. The minimum absolute atomic E-state index is 0.0327. The molecule has 0 aromatic carbocycles. The molecule has 0 aliphatic carbocycles. The van der Waals surface area contributed by atoms with Gasteiger partial charge in [0.05, 0.1) is 13.7 Å². The number of aliphatic hydroxyl groups is 1. The number of rotatable bonds is 5. The van der Waals surface area contributed by atoms with Crippen molar-refractivity contribution in [2.75, 3.05) is 13.7 Å². The van der Waals surface area contributed by atoms with Gasteiger partial charge in [-0.05, 0) is 12.1 Å². The first kappa shape index (κ1) is 12.9. The third-order valence-corrected chi connectivity index (χ3v) is 1.99. The number of amides is 1. The van der Waals surface area contributed by atoms with E-state index < -0.39 is 24.5 Å². The van der Waals surface area contributed by atoms with Gasteiger partial charge in [0.1, 0.15) is 5.75 Å². The summed E-state index contributed by atoms with van der Waals surface area (Å²) in [7, 11) is 1.37. The lowest BCUT2D eigenvalue weighted by atomic mass is 10.2. The quantitative estimate of drug-likeness (QED) is 0.625. The maximum absolute atomic E-state index is 11.7. The molecular weight excluding hydrogens is 228 g/mol. The van der Waals surface area contributed by atoms with Crippen molar-refractivity contribution in [2.24, 2.45) is 0 Å². The number of carboxylic acids is 1. The van der Waals surface area contributed by atoms with Crippen LogP contribution in [0.1, 0.15) is 10.5 Å². The Labute approximate surface area is 97.1 Å². The number of aromatic nitrogens is 1. The number of hydrogen-bond acceptors (Lipinski definition) is 5. The van der Waals surface area contributed by atoms with Crippen LogP contribution in [0.15, 0.2) is 18.3 Å². The van der Waals surface area contributed by atoms with Gasteiger partial charge in [-0.1, -0.05) is 0 Å². The number of carboxylic acid groups (broad SMARTS) is 1. The number of hydrogen-bond donors (Lipinski definition) is 3. The molecular formula is C10H12N2O5. The predicted molar refractivity (Wildman–Crippen MR) is 56.8 cm³/mol. The maximum Gasteiger partial charge on any atom is 0.328 e. The Hall–Kier alpha value is -2.15. The average molecular weight is 240 g/mol. The standard InChI is InChI=1S/C10H12N2O5/c1-17-7-3-2-4-11-8(7)9(14)12-6(5-13)10(15)16/h2-4,6,13H,5H2,1H3,(H,12,14)(H,15,16)/t6-/m0/s1. The van der Waals surface area contributed by atoms with Crippen LogP contribution in [0, 0.1) is 0 Å². The van der Waals surface area contributed by atoms with Gasteiger partial charge >= 0.3 is 5.97 Å². The Morgan fingerprint density at radius 1 is 1.59 bits per heavy atom. The number of carbonyl (C=O) groups excluding carboxylic acids is 1. The molecule has 0 unspecified atom stereocenters. The summed E-state index contributed by atoms with van der Waals surface area (Å²) in [6, 6.07) is 1.74. The number of nitrogens with one attached hydrogen (secondary N) is 1. The average Bonchev–Trinajstić information content (AvgIpc) is 2.35. The van der Waals surface area contributed by atoms with Crippen LogP contribution in [0.25, 0.3) is 0 Å². The summed E-state index contributed by atoms with van der Waals surface area (Å²) in [5.74, 6) is -1.81. The second kappa shape index (κ2) is 5.80. The molecule has 0 radical (unpaired) electrons. The number of methoxy groups -OCH3 is 1. The summed E-state index contributed by atoms with van der Waals surface area (Å²) < 4.78 is 4.91. The van der Waals surface area contributed by atoms with Crippen LogP contribution in [0.5, 0.6) is 5.75 Å². The highest BCUT2D eigenvalue weighted by molar-refractivity contribution is 5.97. The summed E-state index contributed by atoms with van der Waals surface area (Å²) >= 11 is 0. The Balaban J connectivity index is 2.86. The van der Waals surface area contributed by atoms with E-state index in [1.807, 2.05) is 0 Å². The van der Waals surface area contributed by atoms with Crippen molar-refractivity contribution in [3.8, 4) is 5.75 Å². The summed E-state index contributed by atoms with van der Waals surface area (Å²) in [6.07, 6.45) is 1.38. The third kappa shape index (κ3) is 3.15. The summed E-state index contributed by atoms with van der Waals surface area (Å²) in [5, 5.41) is 19.6. The predicted octanol–water partition coefficient (Wildman–Crippen LogP) is -0.735. The molecule has 1 aromatic rings. The molecule has 0 fully saturated rings. The third-order valence-electron chi connectivity index (χ3n) is 1.99. The van der Waals surface area contributed by atoms with E-state index >= 15 is 0 Å². The zero-order valence-electron chi connectivity index (χ0n) is 9.08. The van der Waals surface area contributed by atoms with Crippen molar-refractivity contribution in [1.29, 1.82) is 0 Å². The second-order valence-electron chi connectivity index (χ2n) is 3.10. The molecule has 92 valence electrons. The van der Waals surface area contributed by atoms with Gasteiger partial charge in [0.2, 0.25) is 0 Å². The van der Waals surface area contributed by atoms with E-state index in [0.717, 1.165) is 0 Å². The van der Waals surface area contributed by atoms with Crippen molar-refractivity contribution in [3.63, 3.8) is 0 Å². The monoisotopic (exact) mass is 240 g/mol. The molecule has 0 saturated heterocycles. The molecule has 0 aliphatic heterocycles. The van der Waals surface area contributed by atoms with Crippen LogP contribution in [0.3, 0.4) is 0 Å². The smallest absolute Gasteiger partial charge is 0.328 e. The molecule has 0 bridgehead atoms. The first-order valence-corrected chi connectivity index (χ1v) is 4.73. The highest BCUT2D eigenvalue weighted by Gasteiger charge is 2.22. The fourth-order valence-electron chi connectivity index (χ4n) is 1.14. The first-order valence-electron chi connectivity index (χ1n) is 4.73. The Bertz CT molecular complexity index is 421. The topological polar surface area (TPSA) is 109 Å². The van der Waals surface area contributed by atoms with Crippen LogP contribution >= 0.6 is 0 Å². The van der Waals surface area contributed by atoms with Gasteiger partial charge < -0.3 is 20.3 Å². The largest absolute Gasteiger partial charge is 0.494 e. The zero-order valence-corrected chi connectivity index (χ0v) is 9.08. The number of aliphatic carboxylic acids is 1. The molecule has 7 nitrogen and oxygen atoms in total. The first-order chi connectivity index (χ1) is 8.10. The van der Waals surface area contributed by atoms with Crippen LogP contribution in [0.4, 0.5) is 0 Å². The van der Waals surface area contributed by atoms with Crippen molar-refractivity contribution in [3.05, 3.63) is 24.0 Å². The van der Waals surface area contributed by atoms with Gasteiger partial charge in [-0.15, -0.1) is 0 Å². The lowest BCUT2D eigenvalue weighted by molar-refractivity contribution is -0.140. The van der Waals surface area contributed by atoms with Crippen molar-refractivity contribution >= 4 is 11.9 Å². The molecule has 1 rings (SSSR count). The van der Waals surface area contributed by atoms with Gasteiger partial charge in [-0.3, -0.25) is 4.79 Å². The Kier molecular flexibility index (Phi) is 4.41. The molecule has 1 amide bonds. The van der Waals surface area contributed by atoms with Crippen molar-refractivity contribution in [2.45, 2.75) is 6.04 Å². The summed E-state index contributed by atoms with van der Waals surface area (Å²) in [4.78, 5) is 26.1. The number of nitrogens with zero attached hydrogens (tertiary/aromatic N) is 1. The molecule has 7 heteroatoms. The molecule has 0 spiro atoms. The van der Waals surface area contributed by atoms with Gasteiger partial charge in [0, 0.05) is 6.20 Å². The fraction of sp³-hybridized carbons (Fsp3) is 0.300. The normalized spacial score (nSPS) is 11.6. The lowest BCUT2D eigenvalue weighted by Gasteiger charge is -2.12. The van der Waals surface area contributed by atoms with E-state index in [9.17, 15) is 9.59 Å². The molecule has 1 atom stereocenters. The molecule has 0 aliphatic rings. The van der Waals surface area contributed by atoms with Gasteiger partial charge in [0.15, 0.2) is 11.7 Å². The Morgan fingerprint density at radius 3 is 2.82 bits per heavy atom. The fourth-order valence-corrected chi connectivity index (χ4v) is 1.14. The summed E-state index contributed by atoms with van der Waals surface area (Å²) in [6.45, 7) is -0.698. The molecule has 17 heavy (non-hydrogen) atoms. The van der Waals surface area contributed by atoms with Gasteiger partial charge in [0.25, 0.3) is 5.91 Å². The number of aliphatic hydroxyl groups excluding tert-OH is 1. The lowest BCUT2D eigenvalue weighted by Crippen LogP contribution is -2.43. The van der Waals surface area contributed by atoms with Crippen LogP contribution < -0.4 is 10.1 Å². The maximum atomic E-state index is 11.7. The van der Waals surface area contributed by atoms with Crippen LogP contribution in [-0.2, 0) is 4.79 Å². The van der Waals surface area contributed by atoms with Crippen molar-refractivity contribution < 1.29 is 24.5 Å². The van der Waals surface area contributed by atoms with E-state index in [2.05, 4.69) is 10.3 Å². The number of pyridine rings is 1. The van der Waals surface area contributed by atoms with E-state index in [1.165, 1.54) is 19.4 Å². The van der Waals surface area contributed by atoms with E-state index in [4.69, 9.17) is 14.9 Å². The van der Waals surface area contributed by atoms with Crippen LogP contribution in [0.2, 0.25) is 0 Å². The van der Waals surface area contributed by atoms with Crippen LogP contribution in [-0.4, -0.2) is 46.8 Å². The molecule has 3 N–H and O–H groups in total. The van der Waals surface area contributed by atoms with Gasteiger partial charge in [-0.25, -0.2) is 9.78 Å². The van der Waals surface area contributed by atoms with Crippen molar-refractivity contribution in [1.82, 2.24) is 10.3 Å². The zero-order chi connectivity index (χ0) is 12.8. The summed E-state index contributed by atoms with van der Waals surface area (Å²) in [5.41, 5.74) is -0.0327.